The van der Waals surface area contributed by atoms with Gasteiger partial charge in [-0.15, -0.1) is 11.3 Å². The van der Waals surface area contributed by atoms with Crippen LogP contribution in [0.4, 0.5) is 5.95 Å². The smallest absolute Gasteiger partial charge is 0.262 e. The van der Waals surface area contributed by atoms with E-state index in [1.807, 2.05) is 5.38 Å². The first kappa shape index (κ1) is 15.6. The molecule has 0 aliphatic carbocycles. The molecule has 3 aromatic rings. The highest BCUT2D eigenvalue weighted by Gasteiger charge is 2.19. The molecule has 9 heteroatoms. The van der Waals surface area contributed by atoms with E-state index >= 15 is 0 Å². The Morgan fingerprint density at radius 1 is 1.39 bits per heavy atom. The average Bonchev–Trinajstić information content (AvgIpc) is 3.01. The maximum absolute atomic E-state index is 12.2. The number of hydrogen-bond donors (Lipinski definition) is 1. The molecule has 0 saturated heterocycles. The minimum Gasteiger partial charge on any atom is -0.294 e. The third kappa shape index (κ3) is 3.25. The van der Waals surface area contributed by atoms with Crippen molar-refractivity contribution in [3.05, 3.63) is 40.3 Å². The number of nitrogens with zero attached hydrogens (tertiary/aromatic N) is 4. The molecule has 0 fully saturated rings. The van der Waals surface area contributed by atoms with Crippen LogP contribution in [0.25, 0.3) is 10.2 Å². The molecule has 1 unspecified atom stereocenters. The van der Waals surface area contributed by atoms with E-state index in [9.17, 15) is 9.59 Å². The Bertz CT molecular complexity index is 906. The van der Waals surface area contributed by atoms with Gasteiger partial charge >= 0.3 is 0 Å². The second kappa shape index (κ2) is 6.47. The first-order chi connectivity index (χ1) is 11.1. The van der Waals surface area contributed by atoms with E-state index in [2.05, 4.69) is 20.3 Å². The molecule has 3 heterocycles. The van der Waals surface area contributed by atoms with E-state index in [1.54, 1.807) is 38.5 Å². The van der Waals surface area contributed by atoms with Crippen LogP contribution in [-0.2, 0) is 11.8 Å². The van der Waals surface area contributed by atoms with Crippen molar-refractivity contribution in [3.8, 4) is 0 Å². The first-order valence-corrected chi connectivity index (χ1v) is 8.51. The van der Waals surface area contributed by atoms with Gasteiger partial charge in [-0.1, -0.05) is 11.8 Å². The summed E-state index contributed by atoms with van der Waals surface area (Å²) in [6.07, 6.45) is 3.10. The third-order valence-corrected chi connectivity index (χ3v) is 5.07. The van der Waals surface area contributed by atoms with Crippen molar-refractivity contribution in [1.29, 1.82) is 0 Å². The van der Waals surface area contributed by atoms with Crippen molar-refractivity contribution >= 4 is 45.2 Å². The number of carbonyl (C=O) groups is 1. The van der Waals surface area contributed by atoms with Crippen LogP contribution in [0, 0.1) is 0 Å². The lowest BCUT2D eigenvalue weighted by molar-refractivity contribution is -0.115. The monoisotopic (exact) mass is 347 g/mol. The fourth-order valence-corrected chi connectivity index (χ4v) is 3.55. The van der Waals surface area contributed by atoms with Crippen molar-refractivity contribution in [2.75, 3.05) is 5.32 Å². The Morgan fingerprint density at radius 3 is 2.87 bits per heavy atom. The zero-order valence-electron chi connectivity index (χ0n) is 12.4. The minimum atomic E-state index is -0.450. The van der Waals surface area contributed by atoms with Crippen LogP contribution in [-0.4, -0.2) is 30.7 Å². The van der Waals surface area contributed by atoms with Gasteiger partial charge < -0.3 is 0 Å². The lowest BCUT2D eigenvalue weighted by atomic mass is 10.4. The largest absolute Gasteiger partial charge is 0.294 e. The summed E-state index contributed by atoms with van der Waals surface area (Å²) >= 11 is 2.63. The molecule has 0 aliphatic rings. The van der Waals surface area contributed by atoms with E-state index in [4.69, 9.17) is 0 Å². The van der Waals surface area contributed by atoms with Gasteiger partial charge in [-0.3, -0.25) is 19.5 Å². The maximum Gasteiger partial charge on any atom is 0.262 e. The zero-order chi connectivity index (χ0) is 16.4. The molecule has 0 radical (unpaired) electrons. The highest BCUT2D eigenvalue weighted by atomic mass is 32.2. The molecule has 3 rings (SSSR count). The number of nitrogens with one attached hydrogen (secondary N) is 1. The number of hydrogen-bond acceptors (Lipinski definition) is 7. The SMILES string of the molecule is CC(Sc1nc2sccc2c(=O)n1C)C(=O)Nc1ncccn1. The summed E-state index contributed by atoms with van der Waals surface area (Å²) in [6, 6.07) is 3.43. The van der Waals surface area contributed by atoms with Crippen molar-refractivity contribution in [2.24, 2.45) is 7.05 Å². The van der Waals surface area contributed by atoms with E-state index in [-0.39, 0.29) is 17.4 Å². The molecule has 0 bridgehead atoms. The van der Waals surface area contributed by atoms with Crippen molar-refractivity contribution < 1.29 is 4.79 Å². The van der Waals surface area contributed by atoms with Gasteiger partial charge in [-0.2, -0.15) is 0 Å². The van der Waals surface area contributed by atoms with Crippen LogP contribution in [0.1, 0.15) is 6.92 Å². The van der Waals surface area contributed by atoms with Gasteiger partial charge in [0.25, 0.3) is 5.56 Å². The summed E-state index contributed by atoms with van der Waals surface area (Å²) in [5.74, 6) is 0.00207. The number of fused-ring (bicyclic) bond motifs is 1. The number of rotatable bonds is 4. The standard InChI is InChI=1S/C14H13N5O2S2/c1-8(10(20)17-13-15-5-3-6-16-13)23-14-18-11-9(4-7-22-11)12(21)19(14)2/h3-8H,1-2H3,(H,15,16,17,20). The molecule has 1 atom stereocenters. The number of carbonyl (C=O) groups excluding carboxylic acids is 1. The van der Waals surface area contributed by atoms with Gasteiger partial charge in [-0.05, 0) is 24.4 Å². The van der Waals surface area contributed by atoms with E-state index in [0.717, 1.165) is 0 Å². The lowest BCUT2D eigenvalue weighted by Gasteiger charge is -2.12. The molecule has 23 heavy (non-hydrogen) atoms. The maximum atomic E-state index is 12.2. The average molecular weight is 347 g/mol. The molecule has 0 aromatic carbocycles. The summed E-state index contributed by atoms with van der Waals surface area (Å²) in [7, 11) is 1.65. The zero-order valence-corrected chi connectivity index (χ0v) is 14.0. The molecule has 0 aliphatic heterocycles. The van der Waals surface area contributed by atoms with Gasteiger partial charge in [0, 0.05) is 19.4 Å². The Hall–Kier alpha value is -2.26. The first-order valence-electron chi connectivity index (χ1n) is 6.75. The summed E-state index contributed by atoms with van der Waals surface area (Å²) in [5, 5.41) is 5.11. The summed E-state index contributed by atoms with van der Waals surface area (Å²) < 4.78 is 1.46. The van der Waals surface area contributed by atoms with Gasteiger partial charge in [0.15, 0.2) is 5.16 Å². The molecule has 7 nitrogen and oxygen atoms in total. The Balaban J connectivity index is 1.80. The van der Waals surface area contributed by atoms with Crippen molar-refractivity contribution in [1.82, 2.24) is 19.5 Å². The Morgan fingerprint density at radius 2 is 2.13 bits per heavy atom. The number of anilines is 1. The number of aromatic nitrogens is 4. The second-order valence-corrected chi connectivity index (χ2v) is 6.92. The molecular formula is C14H13N5O2S2. The lowest BCUT2D eigenvalue weighted by Crippen LogP contribution is -2.26. The van der Waals surface area contributed by atoms with Crippen molar-refractivity contribution in [3.63, 3.8) is 0 Å². The van der Waals surface area contributed by atoms with Crippen LogP contribution in [0.15, 0.2) is 39.9 Å². The molecule has 0 saturated carbocycles. The van der Waals surface area contributed by atoms with Crippen LogP contribution in [0.2, 0.25) is 0 Å². The van der Waals surface area contributed by atoms with Gasteiger partial charge in [0.05, 0.1) is 10.6 Å². The summed E-state index contributed by atoms with van der Waals surface area (Å²) in [6.45, 7) is 1.74. The van der Waals surface area contributed by atoms with Crippen LogP contribution in [0.3, 0.4) is 0 Å². The highest BCUT2D eigenvalue weighted by molar-refractivity contribution is 8.00. The van der Waals surface area contributed by atoms with E-state index < -0.39 is 5.25 Å². The normalized spacial score (nSPS) is 12.3. The fourth-order valence-electron chi connectivity index (χ4n) is 1.87. The molecule has 1 N–H and O–H groups in total. The quantitative estimate of drug-likeness (QED) is 0.573. The van der Waals surface area contributed by atoms with Gasteiger partial charge in [-0.25, -0.2) is 15.0 Å². The van der Waals surface area contributed by atoms with Gasteiger partial charge in [0.2, 0.25) is 11.9 Å². The minimum absolute atomic E-state index is 0.113. The molecular weight excluding hydrogens is 334 g/mol. The van der Waals surface area contributed by atoms with Crippen LogP contribution < -0.4 is 10.9 Å². The topological polar surface area (TPSA) is 89.8 Å². The Kier molecular flexibility index (Phi) is 4.39. The van der Waals surface area contributed by atoms with Crippen LogP contribution >= 0.6 is 23.1 Å². The highest BCUT2D eigenvalue weighted by Crippen LogP contribution is 2.24. The molecule has 1 amide bonds. The molecule has 118 valence electrons. The summed E-state index contributed by atoms with van der Waals surface area (Å²) in [5.41, 5.74) is -0.113. The fraction of sp³-hybridized carbons (Fsp3) is 0.214. The predicted octanol–water partition coefficient (Wildman–Crippen LogP) is 1.90. The molecule has 0 spiro atoms. The number of amides is 1. The summed E-state index contributed by atoms with van der Waals surface area (Å²) in [4.78, 5) is 37.5. The van der Waals surface area contributed by atoms with Crippen LogP contribution in [0.5, 0.6) is 0 Å². The van der Waals surface area contributed by atoms with E-state index in [0.29, 0.717) is 15.4 Å². The number of thioether (sulfide) groups is 1. The van der Waals surface area contributed by atoms with Crippen molar-refractivity contribution in [2.45, 2.75) is 17.3 Å². The van der Waals surface area contributed by atoms with E-state index in [1.165, 1.54) is 27.7 Å². The Labute approximate surface area is 139 Å². The third-order valence-electron chi connectivity index (χ3n) is 3.12. The number of thiophene rings is 1. The predicted molar refractivity (Wildman–Crippen MR) is 90.8 cm³/mol. The molecule has 3 aromatic heterocycles. The van der Waals surface area contributed by atoms with Gasteiger partial charge in [0.1, 0.15) is 4.83 Å². The second-order valence-electron chi connectivity index (χ2n) is 4.72.